The number of fused-ring (bicyclic) bond motifs is 1. The van der Waals surface area contributed by atoms with E-state index in [-0.39, 0.29) is 52.4 Å². The number of ether oxygens (including phenoxy) is 2. The van der Waals surface area contributed by atoms with E-state index in [2.05, 4.69) is 27.4 Å². The molecule has 0 saturated heterocycles. The number of hydrogen-bond acceptors (Lipinski definition) is 7. The Morgan fingerprint density at radius 1 is 1.30 bits per heavy atom. The fourth-order valence-corrected chi connectivity index (χ4v) is 8.99. The molecule has 0 radical (unpaired) electrons. The Labute approximate surface area is 242 Å². The highest BCUT2D eigenvalue weighted by molar-refractivity contribution is 6.65. The van der Waals surface area contributed by atoms with Crippen molar-refractivity contribution >= 4 is 35.9 Å². The number of aliphatic hydroxyl groups is 1. The molecule has 0 spiro atoms. The van der Waals surface area contributed by atoms with Gasteiger partial charge in [-0.15, -0.1) is 6.58 Å². The molecule has 0 aromatic heterocycles. The first-order valence-electron chi connectivity index (χ1n) is 14.7. The number of rotatable bonds is 6. The number of Topliss-reactive ketones (excluding diaryl/α,β-unsaturated/α-hetero) is 1. The monoisotopic (exact) mass is 572 g/mol. The third-order valence-corrected chi connectivity index (χ3v) is 11.7. The van der Waals surface area contributed by atoms with Crippen LogP contribution in [0.1, 0.15) is 84.8 Å². The van der Waals surface area contributed by atoms with E-state index < -0.39 is 36.1 Å². The Kier molecular flexibility index (Phi) is 7.73. The second kappa shape index (κ2) is 10.4. The maximum atomic E-state index is 13.5. The van der Waals surface area contributed by atoms with Crippen molar-refractivity contribution in [2.45, 2.75) is 91.5 Å². The molecule has 1 aromatic rings. The SMILES string of the molecule is C=C[C@]1(C)C[C@@H](OC(=O)COc2ccc3c(c2Cl)B(O)OC3CC)[C@]2(C)[C@H](C)CC[C@]3(CCC(=O)[C@H]32)[C@@H](C)[C@@H]1O. The van der Waals surface area contributed by atoms with Gasteiger partial charge in [-0.1, -0.05) is 58.4 Å². The van der Waals surface area contributed by atoms with Crippen LogP contribution in [-0.4, -0.2) is 47.8 Å². The topological polar surface area (TPSA) is 102 Å². The van der Waals surface area contributed by atoms with Crippen LogP contribution in [0, 0.1) is 34.0 Å². The van der Waals surface area contributed by atoms with E-state index >= 15 is 0 Å². The van der Waals surface area contributed by atoms with Crippen molar-refractivity contribution in [1.82, 2.24) is 0 Å². The third-order valence-electron chi connectivity index (χ3n) is 11.4. The van der Waals surface area contributed by atoms with Crippen LogP contribution in [0.5, 0.6) is 5.75 Å². The molecule has 218 valence electrons. The van der Waals surface area contributed by atoms with Crippen molar-refractivity contribution in [2.24, 2.45) is 34.0 Å². The van der Waals surface area contributed by atoms with Crippen LogP contribution < -0.4 is 10.2 Å². The average Bonchev–Trinajstić information content (AvgIpc) is 3.46. The molecular formula is C31H42BClO7. The smallest absolute Gasteiger partial charge is 0.480 e. The molecule has 9 heteroatoms. The number of esters is 1. The molecule has 2 N–H and O–H groups in total. The van der Waals surface area contributed by atoms with Crippen molar-refractivity contribution in [3.63, 3.8) is 0 Å². The lowest BCUT2D eigenvalue weighted by atomic mass is 9.44. The lowest BCUT2D eigenvalue weighted by Gasteiger charge is -2.61. The van der Waals surface area contributed by atoms with Crippen LogP contribution in [0.15, 0.2) is 24.8 Å². The molecule has 5 rings (SSSR count). The van der Waals surface area contributed by atoms with Gasteiger partial charge in [0.15, 0.2) is 6.61 Å². The lowest BCUT2D eigenvalue weighted by Crippen LogP contribution is -2.63. The highest BCUT2D eigenvalue weighted by Crippen LogP contribution is 2.68. The van der Waals surface area contributed by atoms with Crippen LogP contribution in [0.3, 0.4) is 0 Å². The van der Waals surface area contributed by atoms with Gasteiger partial charge in [0, 0.05) is 28.6 Å². The molecule has 1 unspecified atom stereocenters. The van der Waals surface area contributed by atoms with E-state index in [1.165, 1.54) is 0 Å². The van der Waals surface area contributed by atoms with E-state index in [0.29, 0.717) is 24.7 Å². The van der Waals surface area contributed by atoms with Crippen LogP contribution >= 0.6 is 11.6 Å². The molecule has 1 aromatic carbocycles. The predicted octanol–water partition coefficient (Wildman–Crippen LogP) is 4.79. The summed E-state index contributed by atoms with van der Waals surface area (Å²) in [5, 5.41) is 22.2. The summed E-state index contributed by atoms with van der Waals surface area (Å²) < 4.78 is 17.6. The Bertz CT molecular complexity index is 1210. The third kappa shape index (κ3) is 4.28. The summed E-state index contributed by atoms with van der Waals surface area (Å²) in [5.74, 6) is -0.343. The number of carbonyl (C=O) groups excluding carboxylic acids is 2. The molecule has 7 nitrogen and oxygen atoms in total. The molecule has 3 aliphatic carbocycles. The van der Waals surface area contributed by atoms with Crippen LogP contribution in [0.25, 0.3) is 0 Å². The van der Waals surface area contributed by atoms with Gasteiger partial charge in [0.2, 0.25) is 0 Å². The second-order valence-corrected chi connectivity index (χ2v) is 13.5. The summed E-state index contributed by atoms with van der Waals surface area (Å²) >= 11 is 6.57. The van der Waals surface area contributed by atoms with Gasteiger partial charge >= 0.3 is 13.1 Å². The normalized spacial score (nSPS) is 40.6. The van der Waals surface area contributed by atoms with Gasteiger partial charge in [-0.05, 0) is 61.0 Å². The van der Waals surface area contributed by atoms with Crippen molar-refractivity contribution in [3.8, 4) is 5.75 Å². The van der Waals surface area contributed by atoms with E-state index in [4.69, 9.17) is 25.7 Å². The van der Waals surface area contributed by atoms with Gasteiger partial charge in [-0.3, -0.25) is 4.79 Å². The summed E-state index contributed by atoms with van der Waals surface area (Å²) in [6.45, 7) is 13.9. The summed E-state index contributed by atoms with van der Waals surface area (Å²) in [6, 6.07) is 3.48. The lowest BCUT2D eigenvalue weighted by molar-refractivity contribution is -0.207. The van der Waals surface area contributed by atoms with Crippen LogP contribution in [-0.2, 0) is 19.0 Å². The van der Waals surface area contributed by atoms with Gasteiger partial charge in [0.05, 0.1) is 17.2 Å². The first-order valence-corrected chi connectivity index (χ1v) is 15.0. The highest BCUT2D eigenvalue weighted by atomic mass is 35.5. The Morgan fingerprint density at radius 2 is 2.02 bits per heavy atom. The standard InChI is InChI=1S/C31H42BClO7/c1-7-21-19-9-10-22(26(33)25(19)32(37)40-21)38-16-24(35)39-23-15-29(5,8-2)28(36)18(4)31-13-11-17(3)30(23,6)27(31)20(34)12-14-31/h8-10,17-18,21,23,27-28,36-37H,2,7,11-16H2,1,3-6H3/t17-,18+,21?,23-,27+,28+,29-,30+,31+/m1/s1. The van der Waals surface area contributed by atoms with Gasteiger partial charge in [0.25, 0.3) is 0 Å². The van der Waals surface area contributed by atoms with Gasteiger partial charge in [-0.25, -0.2) is 4.79 Å². The van der Waals surface area contributed by atoms with Crippen LogP contribution in [0.4, 0.5) is 0 Å². The highest BCUT2D eigenvalue weighted by Gasteiger charge is 2.68. The van der Waals surface area contributed by atoms with Crippen LogP contribution in [0.2, 0.25) is 5.02 Å². The molecule has 3 fully saturated rings. The molecule has 4 aliphatic rings. The number of hydrogen-bond donors (Lipinski definition) is 2. The van der Waals surface area contributed by atoms with Crippen molar-refractivity contribution < 1.29 is 33.8 Å². The minimum Gasteiger partial charge on any atom is -0.480 e. The molecule has 40 heavy (non-hydrogen) atoms. The number of aliphatic hydroxyl groups excluding tert-OH is 1. The van der Waals surface area contributed by atoms with Crippen molar-refractivity contribution in [2.75, 3.05) is 6.61 Å². The summed E-state index contributed by atoms with van der Waals surface area (Å²) in [6.07, 6.45) is 4.26. The number of benzene rings is 1. The maximum absolute atomic E-state index is 13.5. The Hall–Kier alpha value is -1.87. The molecule has 9 atom stereocenters. The van der Waals surface area contributed by atoms with E-state index in [9.17, 15) is 19.7 Å². The zero-order valence-corrected chi connectivity index (χ0v) is 25.0. The fourth-order valence-electron chi connectivity index (χ4n) is 8.67. The molecule has 1 aliphatic heterocycles. The minimum atomic E-state index is -1.15. The molecule has 2 bridgehead atoms. The van der Waals surface area contributed by atoms with E-state index in [1.54, 1.807) is 18.2 Å². The number of carbonyl (C=O) groups is 2. The Balaban J connectivity index is 1.43. The fraction of sp³-hybridized carbons (Fsp3) is 0.677. The quantitative estimate of drug-likeness (QED) is 0.287. The Morgan fingerprint density at radius 3 is 2.70 bits per heavy atom. The first-order chi connectivity index (χ1) is 18.8. The molecular weight excluding hydrogens is 531 g/mol. The second-order valence-electron chi connectivity index (χ2n) is 13.1. The van der Waals surface area contributed by atoms with Gasteiger partial charge < -0.3 is 24.3 Å². The zero-order chi connectivity index (χ0) is 29.2. The number of ketones is 1. The zero-order valence-electron chi connectivity index (χ0n) is 24.2. The molecule has 3 saturated carbocycles. The van der Waals surface area contributed by atoms with Crippen molar-refractivity contribution in [3.05, 3.63) is 35.4 Å². The largest absolute Gasteiger partial charge is 0.493 e. The summed E-state index contributed by atoms with van der Waals surface area (Å²) in [4.78, 5) is 26.9. The van der Waals surface area contributed by atoms with E-state index in [1.807, 2.05) is 13.8 Å². The van der Waals surface area contributed by atoms with E-state index in [0.717, 1.165) is 24.8 Å². The first kappa shape index (κ1) is 29.6. The maximum Gasteiger partial charge on any atom is 0.493 e. The average molecular weight is 573 g/mol. The van der Waals surface area contributed by atoms with Crippen molar-refractivity contribution in [1.29, 1.82) is 0 Å². The molecule has 0 amide bonds. The predicted molar refractivity (Wildman–Crippen MR) is 153 cm³/mol. The summed E-state index contributed by atoms with van der Waals surface area (Å²) in [5.41, 5.74) is -0.362. The van der Waals surface area contributed by atoms with Gasteiger partial charge in [-0.2, -0.15) is 0 Å². The minimum absolute atomic E-state index is 0.0904. The number of halogens is 1. The van der Waals surface area contributed by atoms with Gasteiger partial charge in [0.1, 0.15) is 17.6 Å². The molecule has 1 heterocycles. The summed E-state index contributed by atoms with van der Waals surface area (Å²) in [7, 11) is -1.15.